The topological polar surface area (TPSA) is 61.7 Å². The molecule has 0 fully saturated rings. The van der Waals surface area contributed by atoms with Crippen molar-refractivity contribution < 1.29 is 4.42 Å². The van der Waals surface area contributed by atoms with E-state index in [0.29, 0.717) is 28.5 Å². The number of furan rings is 1. The van der Waals surface area contributed by atoms with E-state index in [-0.39, 0.29) is 5.41 Å². The molecular weight excluding hydrogens is 879 g/mol. The van der Waals surface area contributed by atoms with Crippen LogP contribution in [0.15, 0.2) is 217 Å². The molecule has 9 aromatic carbocycles. The third-order valence-corrected chi connectivity index (χ3v) is 14.8. The molecule has 0 saturated heterocycles. The number of hydrogen-bond donors (Lipinski definition) is 0. The van der Waals surface area contributed by atoms with Gasteiger partial charge in [-0.05, 0) is 94.6 Å². The average Bonchev–Trinajstić information content (AvgIpc) is 4.13. The van der Waals surface area contributed by atoms with Crippen molar-refractivity contribution in [2.24, 2.45) is 0 Å². The van der Waals surface area contributed by atoms with Crippen LogP contribution in [0.5, 0.6) is 0 Å². The van der Waals surface area contributed by atoms with Crippen molar-refractivity contribution >= 4 is 73.3 Å². The zero-order valence-corrected chi connectivity index (χ0v) is 39.7. The third-order valence-electron chi connectivity index (χ3n) is 14.8. The number of aromatic nitrogens is 5. The van der Waals surface area contributed by atoms with Gasteiger partial charge in [0, 0.05) is 65.6 Å². The molecule has 1 aliphatic carbocycles. The minimum absolute atomic E-state index is 0.163. The predicted octanol–water partition coefficient (Wildman–Crippen LogP) is 15.0. The number of fused-ring (bicyclic) bond motifs is 10. The zero-order chi connectivity index (χ0) is 48.1. The standard InChI is InChI=1S/C66H45N5O/c1-41-59(72-60-34-18-28-49(61(41)60)64-67-63(43-20-6-4-7-21-43)68-65(69-64)50-27-17-30-54-62(50)48-26-10-13-29-53(48)66(54,2)3)33-16-19-42-35-37-57-51(39-42)46-24-11-15-32-56(46)71(57)45-36-38-58-52(40-45)47-25-12-14-31-55(47)70(58)44-22-8-5-9-23-44/h4-40H,1H2,2-3H3/b19-16+,59-33+. The van der Waals surface area contributed by atoms with Crippen LogP contribution in [0.1, 0.15) is 30.5 Å². The number of hydrogen-bond acceptors (Lipinski definition) is 4. The first-order valence-electron chi connectivity index (χ1n) is 24.5. The summed E-state index contributed by atoms with van der Waals surface area (Å²) in [5.41, 5.74) is 16.9. The Morgan fingerprint density at radius 3 is 1.82 bits per heavy atom. The monoisotopic (exact) mass is 923 g/mol. The molecule has 13 aromatic rings. The summed E-state index contributed by atoms with van der Waals surface area (Å²) in [6.07, 6.45) is 6.18. The van der Waals surface area contributed by atoms with E-state index in [9.17, 15) is 0 Å². The Balaban J connectivity index is 0.850. The fourth-order valence-corrected chi connectivity index (χ4v) is 11.4. The summed E-state index contributed by atoms with van der Waals surface area (Å²) >= 11 is 0. The van der Waals surface area contributed by atoms with E-state index in [0.717, 1.165) is 55.3 Å². The molecule has 1 aliphatic rings. The van der Waals surface area contributed by atoms with Crippen LogP contribution in [0.2, 0.25) is 0 Å². The molecule has 0 atom stereocenters. The van der Waals surface area contributed by atoms with Crippen LogP contribution in [-0.4, -0.2) is 24.1 Å². The van der Waals surface area contributed by atoms with E-state index in [2.05, 4.69) is 199 Å². The summed E-state index contributed by atoms with van der Waals surface area (Å²) in [6, 6.07) is 72.9. The highest BCUT2D eigenvalue weighted by Crippen LogP contribution is 2.52. The van der Waals surface area contributed by atoms with Gasteiger partial charge in [0.1, 0.15) is 11.0 Å². The molecule has 0 unspecified atom stereocenters. The highest BCUT2D eigenvalue weighted by molar-refractivity contribution is 6.12. The molecule has 6 nitrogen and oxygen atoms in total. The summed E-state index contributed by atoms with van der Waals surface area (Å²) in [4.78, 5) is 15.6. The second kappa shape index (κ2) is 16.1. The van der Waals surface area contributed by atoms with Crippen molar-refractivity contribution in [2.45, 2.75) is 19.3 Å². The van der Waals surface area contributed by atoms with Gasteiger partial charge < -0.3 is 13.6 Å². The van der Waals surface area contributed by atoms with Crippen molar-refractivity contribution in [1.82, 2.24) is 24.1 Å². The molecule has 340 valence electrons. The first-order valence-corrected chi connectivity index (χ1v) is 24.5. The fourth-order valence-electron chi connectivity index (χ4n) is 11.4. The molecule has 72 heavy (non-hydrogen) atoms. The first kappa shape index (κ1) is 41.6. The van der Waals surface area contributed by atoms with E-state index in [4.69, 9.17) is 19.4 Å². The van der Waals surface area contributed by atoms with Crippen molar-refractivity contribution in [3.05, 3.63) is 240 Å². The summed E-state index contributed by atoms with van der Waals surface area (Å²) in [6.45, 7) is 9.18. The number of allylic oxidation sites excluding steroid dienone is 1. The van der Waals surface area contributed by atoms with Gasteiger partial charge >= 0.3 is 0 Å². The predicted molar refractivity (Wildman–Crippen MR) is 297 cm³/mol. The van der Waals surface area contributed by atoms with Crippen molar-refractivity contribution in [3.8, 4) is 56.7 Å². The van der Waals surface area contributed by atoms with E-state index < -0.39 is 0 Å². The molecule has 0 N–H and O–H groups in total. The van der Waals surface area contributed by atoms with Gasteiger partial charge in [-0.2, -0.15) is 0 Å². The molecule has 0 spiro atoms. The second-order valence-corrected chi connectivity index (χ2v) is 19.2. The number of nitrogens with zero attached hydrogens (tertiary/aromatic N) is 5. The Kier molecular flexibility index (Phi) is 9.29. The van der Waals surface area contributed by atoms with Crippen LogP contribution < -0.4 is 10.6 Å². The normalized spacial score (nSPS) is 13.3. The Hall–Kier alpha value is -9.39. The third kappa shape index (κ3) is 6.39. The lowest BCUT2D eigenvalue weighted by Gasteiger charge is -2.21. The van der Waals surface area contributed by atoms with E-state index >= 15 is 0 Å². The molecular formula is C66H45N5O. The van der Waals surface area contributed by atoms with Gasteiger partial charge in [-0.1, -0.05) is 178 Å². The number of para-hydroxylation sites is 3. The quantitative estimate of drug-likeness (QED) is 0.160. The second-order valence-electron chi connectivity index (χ2n) is 19.2. The molecule has 0 amide bonds. The van der Waals surface area contributed by atoms with Gasteiger partial charge in [0.2, 0.25) is 0 Å². The lowest BCUT2D eigenvalue weighted by molar-refractivity contribution is 0.576. The first-order chi connectivity index (χ1) is 35.4. The summed E-state index contributed by atoms with van der Waals surface area (Å²) in [7, 11) is 0. The van der Waals surface area contributed by atoms with Crippen LogP contribution in [0.4, 0.5) is 0 Å². The Bertz CT molecular complexity index is 4500. The van der Waals surface area contributed by atoms with Gasteiger partial charge in [-0.3, -0.25) is 0 Å². The maximum atomic E-state index is 6.57. The largest absolute Gasteiger partial charge is 0.456 e. The van der Waals surface area contributed by atoms with Gasteiger partial charge in [-0.25, -0.2) is 15.0 Å². The van der Waals surface area contributed by atoms with Crippen molar-refractivity contribution in [3.63, 3.8) is 0 Å². The number of benzene rings is 9. The average molecular weight is 924 g/mol. The highest BCUT2D eigenvalue weighted by Gasteiger charge is 2.37. The smallest absolute Gasteiger partial charge is 0.164 e. The Morgan fingerprint density at radius 1 is 0.472 bits per heavy atom. The highest BCUT2D eigenvalue weighted by atomic mass is 16.3. The van der Waals surface area contributed by atoms with Crippen molar-refractivity contribution in [1.29, 1.82) is 0 Å². The SMILES string of the molecule is C=c1/c(=C\C=C\c2ccc3c(c2)c2ccccc2n3-c2ccc3c(c2)c2ccccc2n3-c2ccccc2)oc2cccc(-c3nc(-c4ccccc4)nc(-c4cccc5c4-c4ccccc4C5(C)C)n3)c12. The molecule has 0 aliphatic heterocycles. The molecule has 4 aromatic heterocycles. The van der Waals surface area contributed by atoms with Crippen LogP contribution in [0, 0.1) is 0 Å². The molecule has 4 heterocycles. The minimum atomic E-state index is -0.163. The maximum absolute atomic E-state index is 6.57. The molecule has 6 heteroatoms. The zero-order valence-electron chi connectivity index (χ0n) is 39.7. The Morgan fingerprint density at radius 2 is 1.04 bits per heavy atom. The molecule has 0 radical (unpaired) electrons. The van der Waals surface area contributed by atoms with Crippen LogP contribution in [-0.2, 0) is 5.41 Å². The van der Waals surface area contributed by atoms with Gasteiger partial charge in [0.05, 0.1) is 22.1 Å². The van der Waals surface area contributed by atoms with E-state index in [1.807, 2.05) is 54.6 Å². The summed E-state index contributed by atoms with van der Waals surface area (Å²) < 4.78 is 11.3. The number of rotatable bonds is 7. The van der Waals surface area contributed by atoms with Gasteiger partial charge in [0.15, 0.2) is 17.5 Å². The molecule has 14 rings (SSSR count). The lowest BCUT2D eigenvalue weighted by atomic mass is 9.82. The fraction of sp³-hybridized carbons (Fsp3) is 0.0455. The van der Waals surface area contributed by atoms with E-state index in [1.54, 1.807) is 0 Å². The molecule has 0 bridgehead atoms. The van der Waals surface area contributed by atoms with Crippen LogP contribution >= 0.6 is 0 Å². The van der Waals surface area contributed by atoms with E-state index in [1.165, 1.54) is 54.8 Å². The maximum Gasteiger partial charge on any atom is 0.164 e. The van der Waals surface area contributed by atoms with Crippen LogP contribution in [0.25, 0.3) is 130 Å². The van der Waals surface area contributed by atoms with Crippen molar-refractivity contribution in [2.75, 3.05) is 0 Å². The lowest BCUT2D eigenvalue weighted by Crippen LogP contribution is -2.18. The Labute approximate surface area is 415 Å². The van der Waals surface area contributed by atoms with Crippen LogP contribution in [0.3, 0.4) is 0 Å². The van der Waals surface area contributed by atoms with Gasteiger partial charge in [0.25, 0.3) is 0 Å². The molecule has 0 saturated carbocycles. The van der Waals surface area contributed by atoms with Gasteiger partial charge in [-0.15, -0.1) is 0 Å². The minimum Gasteiger partial charge on any atom is -0.456 e. The summed E-state index contributed by atoms with van der Waals surface area (Å²) in [5.74, 6) is 1.79. The summed E-state index contributed by atoms with van der Waals surface area (Å²) in [5, 5.41) is 6.47.